The Kier molecular flexibility index (Phi) is 3.92. The fourth-order valence-corrected chi connectivity index (χ4v) is 1.78. The Balaban J connectivity index is 3.07. The van der Waals surface area contributed by atoms with E-state index < -0.39 is 11.5 Å². The standard InChI is InChI=1S/C14H21F2N/c1-10(2)9-14(15,16)12-7-5-6-11(8-12)13(3,4)17/h5-8,10H,9,17H2,1-4H3. The van der Waals surface area contributed by atoms with Crippen LogP contribution in [-0.4, -0.2) is 0 Å². The number of rotatable bonds is 4. The van der Waals surface area contributed by atoms with Crippen LogP contribution < -0.4 is 5.73 Å². The zero-order valence-electron chi connectivity index (χ0n) is 10.9. The summed E-state index contributed by atoms with van der Waals surface area (Å²) < 4.78 is 27.9. The summed E-state index contributed by atoms with van der Waals surface area (Å²) in [7, 11) is 0. The van der Waals surface area contributed by atoms with Gasteiger partial charge in [0, 0.05) is 17.5 Å². The third kappa shape index (κ3) is 3.77. The van der Waals surface area contributed by atoms with Gasteiger partial charge in [0.2, 0.25) is 0 Å². The highest BCUT2D eigenvalue weighted by atomic mass is 19.3. The van der Waals surface area contributed by atoms with Crippen LogP contribution in [0, 0.1) is 5.92 Å². The van der Waals surface area contributed by atoms with Crippen LogP contribution in [0.2, 0.25) is 0 Å². The van der Waals surface area contributed by atoms with Crippen LogP contribution in [0.5, 0.6) is 0 Å². The first-order chi connectivity index (χ1) is 7.63. The summed E-state index contributed by atoms with van der Waals surface area (Å²) in [6.07, 6.45) is -0.137. The molecule has 0 radical (unpaired) electrons. The van der Waals surface area contributed by atoms with E-state index in [1.165, 1.54) is 12.1 Å². The smallest absolute Gasteiger partial charge is 0.273 e. The minimum atomic E-state index is -2.78. The highest BCUT2D eigenvalue weighted by molar-refractivity contribution is 5.30. The Labute approximate surface area is 102 Å². The van der Waals surface area contributed by atoms with E-state index in [9.17, 15) is 8.78 Å². The maximum absolute atomic E-state index is 13.9. The zero-order chi connectivity index (χ0) is 13.3. The molecular formula is C14H21F2N. The van der Waals surface area contributed by atoms with Gasteiger partial charge in [0.1, 0.15) is 0 Å². The summed E-state index contributed by atoms with van der Waals surface area (Å²) in [5.74, 6) is -2.82. The molecule has 0 aliphatic heterocycles. The fourth-order valence-electron chi connectivity index (χ4n) is 1.78. The molecule has 1 rings (SSSR count). The van der Waals surface area contributed by atoms with Gasteiger partial charge in [-0.1, -0.05) is 32.0 Å². The van der Waals surface area contributed by atoms with Gasteiger partial charge in [-0.05, 0) is 31.4 Å². The number of alkyl halides is 2. The maximum Gasteiger partial charge on any atom is 0.273 e. The predicted molar refractivity (Wildman–Crippen MR) is 67.0 cm³/mol. The van der Waals surface area contributed by atoms with Gasteiger partial charge in [-0.15, -0.1) is 0 Å². The molecule has 0 amide bonds. The number of nitrogens with two attached hydrogens (primary N) is 1. The molecule has 17 heavy (non-hydrogen) atoms. The average molecular weight is 241 g/mol. The first-order valence-corrected chi connectivity index (χ1v) is 5.90. The molecule has 96 valence electrons. The molecular weight excluding hydrogens is 220 g/mol. The van der Waals surface area contributed by atoms with E-state index in [2.05, 4.69) is 0 Å². The second kappa shape index (κ2) is 4.73. The molecule has 0 saturated carbocycles. The molecule has 0 spiro atoms. The monoisotopic (exact) mass is 241 g/mol. The molecule has 1 aromatic rings. The predicted octanol–water partition coefficient (Wildman–Crippen LogP) is 4.02. The second-order valence-corrected chi connectivity index (χ2v) is 5.60. The lowest BCUT2D eigenvalue weighted by Crippen LogP contribution is -2.29. The van der Waals surface area contributed by atoms with Crippen molar-refractivity contribution in [2.75, 3.05) is 0 Å². The van der Waals surface area contributed by atoms with E-state index in [1.807, 2.05) is 13.8 Å². The van der Waals surface area contributed by atoms with Gasteiger partial charge in [-0.3, -0.25) is 0 Å². The lowest BCUT2D eigenvalue weighted by molar-refractivity contribution is -0.0250. The number of halogens is 2. The highest BCUT2D eigenvalue weighted by Gasteiger charge is 2.33. The fraction of sp³-hybridized carbons (Fsp3) is 0.571. The maximum atomic E-state index is 13.9. The molecule has 3 heteroatoms. The molecule has 0 aromatic heterocycles. The largest absolute Gasteiger partial charge is 0.322 e. The van der Waals surface area contributed by atoms with Crippen molar-refractivity contribution in [3.63, 3.8) is 0 Å². The first kappa shape index (κ1) is 14.1. The minimum Gasteiger partial charge on any atom is -0.322 e. The van der Waals surface area contributed by atoms with Gasteiger partial charge in [0.15, 0.2) is 0 Å². The molecule has 0 heterocycles. The summed E-state index contributed by atoms with van der Waals surface area (Å²) in [6.45, 7) is 7.22. The lowest BCUT2D eigenvalue weighted by atomic mass is 9.91. The first-order valence-electron chi connectivity index (χ1n) is 5.90. The normalized spacial score (nSPS) is 13.2. The molecule has 1 nitrogen and oxygen atoms in total. The highest BCUT2D eigenvalue weighted by Crippen LogP contribution is 2.35. The van der Waals surface area contributed by atoms with Crippen LogP contribution in [0.25, 0.3) is 0 Å². The van der Waals surface area contributed by atoms with Gasteiger partial charge in [-0.2, -0.15) is 0 Å². The van der Waals surface area contributed by atoms with E-state index in [-0.39, 0.29) is 17.9 Å². The SMILES string of the molecule is CC(C)CC(F)(F)c1cccc(C(C)(C)N)c1. The van der Waals surface area contributed by atoms with E-state index >= 15 is 0 Å². The molecule has 0 aliphatic carbocycles. The Morgan fingerprint density at radius 3 is 2.18 bits per heavy atom. The molecule has 0 unspecified atom stereocenters. The lowest BCUT2D eigenvalue weighted by Gasteiger charge is -2.23. The quantitative estimate of drug-likeness (QED) is 0.846. The number of hydrogen-bond donors (Lipinski definition) is 1. The van der Waals surface area contributed by atoms with Crippen molar-refractivity contribution < 1.29 is 8.78 Å². The molecule has 0 aliphatic rings. The molecule has 2 N–H and O–H groups in total. The Morgan fingerprint density at radius 2 is 1.71 bits per heavy atom. The summed E-state index contributed by atoms with van der Waals surface area (Å²) in [6, 6.07) is 6.42. The van der Waals surface area contributed by atoms with Crippen molar-refractivity contribution in [2.45, 2.75) is 45.6 Å². The van der Waals surface area contributed by atoms with E-state index in [1.54, 1.807) is 26.0 Å². The Bertz CT molecular complexity index is 378. The number of hydrogen-bond acceptors (Lipinski definition) is 1. The topological polar surface area (TPSA) is 26.0 Å². The van der Waals surface area contributed by atoms with Crippen LogP contribution in [-0.2, 0) is 11.5 Å². The minimum absolute atomic E-state index is 0.0421. The van der Waals surface area contributed by atoms with Crippen LogP contribution in [0.4, 0.5) is 8.78 Å². The van der Waals surface area contributed by atoms with Crippen molar-refractivity contribution in [3.05, 3.63) is 35.4 Å². The van der Waals surface area contributed by atoms with Gasteiger partial charge in [-0.25, -0.2) is 8.78 Å². The second-order valence-electron chi connectivity index (χ2n) is 5.60. The van der Waals surface area contributed by atoms with Gasteiger partial charge < -0.3 is 5.73 Å². The average Bonchev–Trinajstić information content (AvgIpc) is 2.14. The van der Waals surface area contributed by atoms with E-state index in [4.69, 9.17) is 5.73 Å². The van der Waals surface area contributed by atoms with Crippen molar-refractivity contribution >= 4 is 0 Å². The van der Waals surface area contributed by atoms with Gasteiger partial charge >= 0.3 is 0 Å². The van der Waals surface area contributed by atoms with Crippen LogP contribution in [0.15, 0.2) is 24.3 Å². The van der Waals surface area contributed by atoms with Gasteiger partial charge in [0.05, 0.1) is 0 Å². The van der Waals surface area contributed by atoms with Gasteiger partial charge in [0.25, 0.3) is 5.92 Å². The third-order valence-electron chi connectivity index (χ3n) is 2.69. The number of benzene rings is 1. The molecule has 1 aromatic carbocycles. The van der Waals surface area contributed by atoms with Crippen molar-refractivity contribution in [2.24, 2.45) is 11.7 Å². The van der Waals surface area contributed by atoms with Crippen molar-refractivity contribution in [1.82, 2.24) is 0 Å². The summed E-state index contributed by atoms with van der Waals surface area (Å²) in [5.41, 5.74) is 6.12. The van der Waals surface area contributed by atoms with E-state index in [0.717, 1.165) is 5.56 Å². The zero-order valence-corrected chi connectivity index (χ0v) is 10.9. The van der Waals surface area contributed by atoms with Crippen molar-refractivity contribution in [1.29, 1.82) is 0 Å². The molecule has 0 atom stereocenters. The van der Waals surface area contributed by atoms with Crippen LogP contribution in [0.3, 0.4) is 0 Å². The third-order valence-corrected chi connectivity index (χ3v) is 2.69. The molecule has 0 saturated heterocycles. The Hall–Kier alpha value is -0.960. The molecule has 0 bridgehead atoms. The van der Waals surface area contributed by atoms with Crippen LogP contribution in [0.1, 0.15) is 45.2 Å². The van der Waals surface area contributed by atoms with E-state index in [0.29, 0.717) is 0 Å². The summed E-state index contributed by atoms with van der Waals surface area (Å²) in [4.78, 5) is 0. The molecule has 0 fully saturated rings. The summed E-state index contributed by atoms with van der Waals surface area (Å²) >= 11 is 0. The van der Waals surface area contributed by atoms with Crippen LogP contribution >= 0.6 is 0 Å². The Morgan fingerprint density at radius 1 is 1.18 bits per heavy atom. The summed E-state index contributed by atoms with van der Waals surface area (Å²) in [5, 5.41) is 0. The van der Waals surface area contributed by atoms with Crippen molar-refractivity contribution in [3.8, 4) is 0 Å².